The summed E-state index contributed by atoms with van der Waals surface area (Å²) in [5.74, 6) is 0. The maximum absolute atomic E-state index is 6.01. The molecule has 0 rings (SSSR count). The molecule has 0 aliphatic carbocycles. The van der Waals surface area contributed by atoms with E-state index >= 15 is 0 Å². The molecule has 0 saturated heterocycles. The van der Waals surface area contributed by atoms with E-state index in [-0.39, 0.29) is 13.2 Å². The van der Waals surface area contributed by atoms with Gasteiger partial charge in [0.2, 0.25) is 0 Å². The third kappa shape index (κ3) is 9.16. The number of rotatable bonds is 15. The van der Waals surface area contributed by atoms with Crippen LogP contribution in [0.3, 0.4) is 0 Å². The van der Waals surface area contributed by atoms with Gasteiger partial charge in [0.05, 0.1) is 19.3 Å². The Morgan fingerprint density at radius 1 is 0.600 bits per heavy atom. The summed E-state index contributed by atoms with van der Waals surface area (Å²) in [6.07, 6.45) is -0.462. The lowest BCUT2D eigenvalue weighted by Crippen LogP contribution is -2.51. The lowest BCUT2D eigenvalue weighted by atomic mass is 10.4. The quantitative estimate of drug-likeness (QED) is 0.366. The van der Waals surface area contributed by atoms with E-state index in [0.717, 1.165) is 0 Å². The predicted octanol–water partition coefficient (Wildman–Crippen LogP) is 1.38. The predicted molar refractivity (Wildman–Crippen MR) is 98.3 cm³/mol. The highest BCUT2D eigenvalue weighted by Gasteiger charge is 2.40. The van der Waals surface area contributed by atoms with Crippen molar-refractivity contribution in [3.05, 3.63) is 0 Å². The maximum Gasteiger partial charge on any atom is 0.497 e. The van der Waals surface area contributed by atoms with Crippen LogP contribution < -0.4 is 0 Å². The average Bonchev–Trinajstić information content (AvgIpc) is 2.63. The number of hydrogen-bond acceptors (Lipinski definition) is 9. The Kier molecular flexibility index (Phi) is 12.0. The summed E-state index contributed by atoms with van der Waals surface area (Å²) in [5.41, 5.74) is 0. The van der Waals surface area contributed by atoms with Crippen molar-refractivity contribution < 1.29 is 39.8 Å². The SMILES string of the molecule is CCO[Si](C)(OC)OCC(CO[Si](C)(OC)OC)O[Si](C)(OC)OC. The van der Waals surface area contributed by atoms with E-state index in [9.17, 15) is 0 Å². The molecule has 0 aromatic carbocycles. The zero-order chi connectivity index (χ0) is 19.6. The van der Waals surface area contributed by atoms with Gasteiger partial charge in [-0.25, -0.2) is 0 Å². The van der Waals surface area contributed by atoms with Crippen LogP contribution in [0.25, 0.3) is 0 Å². The second-order valence-electron chi connectivity index (χ2n) is 5.40. The van der Waals surface area contributed by atoms with Crippen LogP contribution in [0, 0.1) is 0 Å². The van der Waals surface area contributed by atoms with Crippen molar-refractivity contribution in [2.45, 2.75) is 32.7 Å². The van der Waals surface area contributed by atoms with E-state index in [1.807, 2.05) is 13.5 Å². The van der Waals surface area contributed by atoms with Gasteiger partial charge in [-0.2, -0.15) is 0 Å². The molecule has 0 aromatic rings. The largest absolute Gasteiger partial charge is 0.497 e. The van der Waals surface area contributed by atoms with Gasteiger partial charge >= 0.3 is 26.4 Å². The summed E-state index contributed by atoms with van der Waals surface area (Å²) in [6, 6.07) is 0. The lowest BCUT2D eigenvalue weighted by Gasteiger charge is -2.32. The highest BCUT2D eigenvalue weighted by atomic mass is 28.4. The van der Waals surface area contributed by atoms with Crippen LogP contribution in [0.15, 0.2) is 0 Å². The minimum Gasteiger partial charge on any atom is -0.377 e. The first-order valence-electron chi connectivity index (χ1n) is 8.00. The molecule has 12 heteroatoms. The lowest BCUT2D eigenvalue weighted by molar-refractivity contribution is -0.0231. The molecule has 0 N–H and O–H groups in total. The molecule has 25 heavy (non-hydrogen) atoms. The molecule has 0 amide bonds. The summed E-state index contributed by atoms with van der Waals surface area (Å²) in [5, 5.41) is 0. The summed E-state index contributed by atoms with van der Waals surface area (Å²) in [6.45, 7) is 8.18. The van der Waals surface area contributed by atoms with Gasteiger partial charge in [0.15, 0.2) is 0 Å². The zero-order valence-corrected chi connectivity index (χ0v) is 19.9. The van der Waals surface area contributed by atoms with Crippen LogP contribution in [0.4, 0.5) is 0 Å². The average molecular weight is 419 g/mol. The van der Waals surface area contributed by atoms with E-state index in [2.05, 4.69) is 0 Å². The van der Waals surface area contributed by atoms with Crippen LogP contribution in [0.5, 0.6) is 0 Å². The van der Waals surface area contributed by atoms with Crippen molar-refractivity contribution in [2.24, 2.45) is 0 Å². The molecule has 0 fully saturated rings. The summed E-state index contributed by atoms with van der Waals surface area (Å²) < 4.78 is 50.2. The molecule has 9 nitrogen and oxygen atoms in total. The van der Waals surface area contributed by atoms with Crippen molar-refractivity contribution in [3.63, 3.8) is 0 Å². The fourth-order valence-corrected chi connectivity index (χ4v) is 5.03. The Balaban J connectivity index is 5.00. The first kappa shape index (κ1) is 25.3. The second kappa shape index (κ2) is 11.9. The molecule has 0 radical (unpaired) electrons. The molecule has 0 aliphatic heterocycles. The molecule has 152 valence electrons. The Morgan fingerprint density at radius 2 is 1.00 bits per heavy atom. The highest BCUT2D eigenvalue weighted by Crippen LogP contribution is 2.16. The van der Waals surface area contributed by atoms with Gasteiger partial charge in [-0.3, -0.25) is 0 Å². The van der Waals surface area contributed by atoms with E-state index in [4.69, 9.17) is 39.8 Å². The van der Waals surface area contributed by atoms with Crippen LogP contribution >= 0.6 is 0 Å². The van der Waals surface area contributed by atoms with Crippen molar-refractivity contribution in [1.82, 2.24) is 0 Å². The normalized spacial score (nSPS) is 16.7. The molecule has 0 heterocycles. The molecule has 0 bridgehead atoms. The van der Waals surface area contributed by atoms with Gasteiger partial charge in [-0.15, -0.1) is 0 Å². The molecule has 0 spiro atoms. The molecule has 2 atom stereocenters. The Morgan fingerprint density at radius 3 is 1.36 bits per heavy atom. The first-order chi connectivity index (χ1) is 11.6. The van der Waals surface area contributed by atoms with Crippen molar-refractivity contribution in [3.8, 4) is 0 Å². The summed E-state index contributed by atoms with van der Waals surface area (Å²) >= 11 is 0. The van der Waals surface area contributed by atoms with Gasteiger partial charge in [0.1, 0.15) is 0 Å². The van der Waals surface area contributed by atoms with Crippen LogP contribution in [0.2, 0.25) is 19.6 Å². The Bertz CT molecular complexity index is 356. The highest BCUT2D eigenvalue weighted by molar-refractivity contribution is 6.60. The Hall–Kier alpha value is 0.291. The second-order valence-corrected chi connectivity index (χ2v) is 13.7. The van der Waals surface area contributed by atoms with E-state index in [1.165, 1.54) is 0 Å². The molecule has 0 aromatic heterocycles. The van der Waals surface area contributed by atoms with Crippen LogP contribution in [0.1, 0.15) is 6.92 Å². The first-order valence-corrected chi connectivity index (χ1v) is 14.7. The van der Waals surface area contributed by atoms with E-state index in [1.54, 1.807) is 48.6 Å². The minimum absolute atomic E-state index is 0.194. The van der Waals surface area contributed by atoms with Crippen molar-refractivity contribution in [1.29, 1.82) is 0 Å². The third-order valence-corrected chi connectivity index (χ3v) is 10.4. The van der Waals surface area contributed by atoms with Gasteiger partial charge in [-0.05, 0) is 6.92 Å². The van der Waals surface area contributed by atoms with Crippen LogP contribution in [-0.2, 0) is 39.8 Å². The zero-order valence-electron chi connectivity index (χ0n) is 16.9. The van der Waals surface area contributed by atoms with E-state index < -0.39 is 32.5 Å². The molecule has 0 aliphatic rings. The van der Waals surface area contributed by atoms with Crippen molar-refractivity contribution >= 4 is 26.4 Å². The van der Waals surface area contributed by atoms with Crippen molar-refractivity contribution in [2.75, 3.05) is 55.4 Å². The Labute approximate surface area is 154 Å². The van der Waals surface area contributed by atoms with E-state index in [0.29, 0.717) is 6.61 Å². The van der Waals surface area contributed by atoms with Gasteiger partial charge in [0, 0.05) is 61.8 Å². The summed E-state index contributed by atoms with van der Waals surface area (Å²) in [7, 11) is -0.465. The van der Waals surface area contributed by atoms with Gasteiger partial charge in [-0.1, -0.05) is 0 Å². The molecular formula is C13H34O9Si3. The maximum atomic E-state index is 6.01. The fourth-order valence-electron chi connectivity index (χ4n) is 1.71. The minimum atomic E-state index is -2.79. The third-order valence-electron chi connectivity index (χ3n) is 3.70. The molecule has 2 unspecified atom stereocenters. The van der Waals surface area contributed by atoms with Gasteiger partial charge < -0.3 is 39.8 Å². The summed E-state index contributed by atoms with van der Waals surface area (Å²) in [4.78, 5) is 0. The topological polar surface area (TPSA) is 83.1 Å². The molecule has 0 saturated carbocycles. The number of hydrogen-bond donors (Lipinski definition) is 0. The van der Waals surface area contributed by atoms with Crippen LogP contribution in [-0.4, -0.2) is 87.9 Å². The van der Waals surface area contributed by atoms with Gasteiger partial charge in [0.25, 0.3) is 0 Å². The molecular weight excluding hydrogens is 384 g/mol. The fraction of sp³-hybridized carbons (Fsp3) is 1.00. The smallest absolute Gasteiger partial charge is 0.377 e. The monoisotopic (exact) mass is 418 g/mol. The standard InChI is InChI=1S/C13H34O9Si3/c1-10-19-25(9,18-6)21-12-13(22-24(8,16-4)17-5)11-20-23(7,14-2)15-3/h13H,10-12H2,1-9H3.